The van der Waals surface area contributed by atoms with Crippen molar-refractivity contribution in [3.05, 3.63) is 34.6 Å². The largest absolute Gasteiger partial charge is 0.412 e. The van der Waals surface area contributed by atoms with E-state index < -0.39 is 8.32 Å². The fourth-order valence-electron chi connectivity index (χ4n) is 2.15. The summed E-state index contributed by atoms with van der Waals surface area (Å²) in [6.07, 6.45) is 0. The molecule has 0 N–H and O–H groups in total. The van der Waals surface area contributed by atoms with Crippen LogP contribution in [0, 0.1) is 5.82 Å². The van der Waals surface area contributed by atoms with E-state index >= 15 is 0 Å². The van der Waals surface area contributed by atoms with Crippen molar-refractivity contribution in [3.8, 4) is 0 Å². The van der Waals surface area contributed by atoms with Crippen molar-refractivity contribution in [2.75, 3.05) is 0 Å². The lowest BCUT2D eigenvalue weighted by molar-refractivity contribution is 0.269. The number of hydrogen-bond donors (Lipinski definition) is 0. The molecule has 0 saturated heterocycles. The molecule has 0 amide bonds. The Bertz CT molecular complexity index is 513. The van der Waals surface area contributed by atoms with Crippen LogP contribution in [0.1, 0.15) is 77.0 Å². The molecule has 0 aliphatic rings. The molecular formula is C19H33FOSi. The van der Waals surface area contributed by atoms with Crippen molar-refractivity contribution < 1.29 is 8.82 Å². The van der Waals surface area contributed by atoms with Crippen molar-refractivity contribution in [3.63, 3.8) is 0 Å². The zero-order chi connectivity index (χ0) is 17.3. The van der Waals surface area contributed by atoms with Gasteiger partial charge in [-0.25, -0.2) is 4.39 Å². The summed E-state index contributed by atoms with van der Waals surface area (Å²) in [5.41, 5.74) is 2.89. The molecule has 0 aromatic heterocycles. The molecule has 1 aromatic carbocycles. The average molecular weight is 325 g/mol. The second-order valence-electron chi connectivity index (χ2n) is 8.43. The highest BCUT2D eigenvalue weighted by molar-refractivity contribution is 6.74. The first-order valence-corrected chi connectivity index (χ1v) is 11.2. The van der Waals surface area contributed by atoms with Gasteiger partial charge in [-0.2, -0.15) is 0 Å². The third kappa shape index (κ3) is 4.42. The maximum atomic E-state index is 14.6. The molecule has 126 valence electrons. The molecule has 0 heterocycles. The highest BCUT2D eigenvalue weighted by atomic mass is 28.4. The monoisotopic (exact) mass is 324 g/mol. The van der Waals surface area contributed by atoms with E-state index in [4.69, 9.17) is 4.43 Å². The van der Waals surface area contributed by atoms with Gasteiger partial charge in [0.2, 0.25) is 0 Å². The van der Waals surface area contributed by atoms with E-state index in [1.54, 1.807) is 6.07 Å². The lowest BCUT2D eigenvalue weighted by Gasteiger charge is -2.36. The number of rotatable bonds is 5. The van der Waals surface area contributed by atoms with E-state index in [0.717, 1.165) is 16.7 Å². The van der Waals surface area contributed by atoms with Gasteiger partial charge >= 0.3 is 0 Å². The molecule has 0 fully saturated rings. The van der Waals surface area contributed by atoms with Gasteiger partial charge in [0.1, 0.15) is 5.82 Å². The van der Waals surface area contributed by atoms with Crippen LogP contribution in [-0.4, -0.2) is 8.32 Å². The number of benzene rings is 1. The number of halogens is 1. The van der Waals surface area contributed by atoms with E-state index in [2.05, 4.69) is 67.6 Å². The topological polar surface area (TPSA) is 9.23 Å². The third-order valence-corrected chi connectivity index (χ3v) is 9.40. The van der Waals surface area contributed by atoms with Gasteiger partial charge in [-0.15, -0.1) is 0 Å². The molecule has 1 nitrogen and oxygen atoms in total. The van der Waals surface area contributed by atoms with Crippen molar-refractivity contribution in [1.82, 2.24) is 0 Å². The van der Waals surface area contributed by atoms with Gasteiger partial charge in [0.05, 0.1) is 6.61 Å². The fourth-order valence-corrected chi connectivity index (χ4v) is 3.09. The van der Waals surface area contributed by atoms with Crippen LogP contribution in [-0.2, 0) is 11.0 Å². The van der Waals surface area contributed by atoms with E-state index in [0.29, 0.717) is 18.4 Å². The summed E-state index contributed by atoms with van der Waals surface area (Å²) in [5.74, 6) is 0.516. The molecular weight excluding hydrogens is 291 g/mol. The molecule has 1 aromatic rings. The van der Waals surface area contributed by atoms with E-state index in [-0.39, 0.29) is 10.9 Å². The maximum Gasteiger partial charge on any atom is 0.192 e. The van der Waals surface area contributed by atoms with Crippen LogP contribution >= 0.6 is 0 Å². The lowest BCUT2D eigenvalue weighted by atomic mass is 9.91. The second-order valence-corrected chi connectivity index (χ2v) is 13.2. The summed E-state index contributed by atoms with van der Waals surface area (Å²) < 4.78 is 20.9. The molecule has 0 radical (unpaired) electrons. The van der Waals surface area contributed by atoms with Crippen molar-refractivity contribution in [2.45, 2.75) is 85.0 Å². The maximum absolute atomic E-state index is 14.6. The summed E-state index contributed by atoms with van der Waals surface area (Å²) in [5, 5.41) is 0.138. The number of hydrogen-bond acceptors (Lipinski definition) is 1. The van der Waals surface area contributed by atoms with Crippen molar-refractivity contribution in [1.29, 1.82) is 0 Å². The molecule has 0 atom stereocenters. The second kappa shape index (κ2) is 6.84. The van der Waals surface area contributed by atoms with Gasteiger partial charge in [-0.05, 0) is 47.2 Å². The molecule has 0 aliphatic carbocycles. The summed E-state index contributed by atoms with van der Waals surface area (Å²) >= 11 is 0. The summed E-state index contributed by atoms with van der Waals surface area (Å²) in [6, 6.07) is 3.84. The normalized spacial score (nSPS) is 13.3. The van der Waals surface area contributed by atoms with Gasteiger partial charge in [0.25, 0.3) is 0 Å². The first kappa shape index (κ1) is 19.4. The fraction of sp³-hybridized carbons (Fsp3) is 0.684. The standard InChI is InChI=1S/C19H33FOSi/c1-13(2)15-10-16(14(3)4)17(18(20)11-15)12-21-22(8,9)19(5,6)7/h10-11,13-14H,12H2,1-9H3. The minimum Gasteiger partial charge on any atom is -0.412 e. The molecule has 0 aliphatic heterocycles. The van der Waals surface area contributed by atoms with E-state index in [1.807, 2.05) is 0 Å². The molecule has 0 bridgehead atoms. The minimum absolute atomic E-state index is 0.117. The van der Waals surface area contributed by atoms with Crippen LogP contribution < -0.4 is 0 Å². The van der Waals surface area contributed by atoms with Gasteiger partial charge in [0, 0.05) is 5.56 Å². The smallest absolute Gasteiger partial charge is 0.192 e. The van der Waals surface area contributed by atoms with Crippen LogP contribution in [0.4, 0.5) is 4.39 Å². The first-order valence-electron chi connectivity index (χ1n) is 8.33. The van der Waals surface area contributed by atoms with E-state index in [9.17, 15) is 4.39 Å². The molecule has 0 spiro atoms. The third-order valence-electron chi connectivity index (χ3n) is 4.92. The Kier molecular flexibility index (Phi) is 6.02. The van der Waals surface area contributed by atoms with Gasteiger partial charge in [-0.1, -0.05) is 54.5 Å². The predicted octanol–water partition coefficient (Wildman–Crippen LogP) is 6.59. The average Bonchev–Trinajstić information content (AvgIpc) is 2.34. The Morgan fingerprint density at radius 1 is 1.05 bits per heavy atom. The molecule has 0 unspecified atom stereocenters. The SMILES string of the molecule is CC(C)c1cc(F)c(CO[Si](C)(C)C(C)(C)C)c(C(C)C)c1. The Hall–Kier alpha value is -0.673. The Balaban J connectivity index is 3.14. The molecule has 3 heteroatoms. The molecule has 1 rings (SSSR count). The summed E-state index contributed by atoms with van der Waals surface area (Å²) in [7, 11) is -1.87. The van der Waals surface area contributed by atoms with Crippen molar-refractivity contribution in [2.24, 2.45) is 0 Å². The van der Waals surface area contributed by atoms with Gasteiger partial charge < -0.3 is 4.43 Å². The Morgan fingerprint density at radius 2 is 1.59 bits per heavy atom. The Labute approximate surface area is 137 Å². The zero-order valence-corrected chi connectivity index (χ0v) is 16.8. The predicted molar refractivity (Wildman–Crippen MR) is 96.6 cm³/mol. The van der Waals surface area contributed by atoms with Crippen LogP contribution in [0.3, 0.4) is 0 Å². The molecule has 0 saturated carbocycles. The van der Waals surface area contributed by atoms with Crippen LogP contribution in [0.25, 0.3) is 0 Å². The van der Waals surface area contributed by atoms with Gasteiger partial charge in [0.15, 0.2) is 8.32 Å². The first-order chi connectivity index (χ1) is 9.86. The van der Waals surface area contributed by atoms with Crippen molar-refractivity contribution >= 4 is 8.32 Å². The highest BCUT2D eigenvalue weighted by Crippen LogP contribution is 2.38. The van der Waals surface area contributed by atoms with Crippen LogP contribution in [0.2, 0.25) is 18.1 Å². The quantitative estimate of drug-likeness (QED) is 0.555. The lowest BCUT2D eigenvalue weighted by Crippen LogP contribution is -2.40. The Morgan fingerprint density at radius 3 is 2.00 bits per heavy atom. The minimum atomic E-state index is -1.87. The summed E-state index contributed by atoms with van der Waals surface area (Å²) in [4.78, 5) is 0. The highest BCUT2D eigenvalue weighted by Gasteiger charge is 2.37. The van der Waals surface area contributed by atoms with E-state index in [1.165, 1.54) is 0 Å². The zero-order valence-electron chi connectivity index (χ0n) is 15.8. The van der Waals surface area contributed by atoms with Crippen LogP contribution in [0.5, 0.6) is 0 Å². The summed E-state index contributed by atoms with van der Waals surface area (Å²) in [6.45, 7) is 19.9. The van der Waals surface area contributed by atoms with Crippen LogP contribution in [0.15, 0.2) is 12.1 Å². The molecule has 22 heavy (non-hydrogen) atoms. The van der Waals surface area contributed by atoms with Gasteiger partial charge in [-0.3, -0.25) is 0 Å².